The van der Waals surface area contributed by atoms with Gasteiger partial charge in [0.05, 0.1) is 12.4 Å². The number of hydrogen-bond acceptors (Lipinski definition) is 9. The highest BCUT2D eigenvalue weighted by molar-refractivity contribution is 5.95. The van der Waals surface area contributed by atoms with Crippen LogP contribution in [0.2, 0.25) is 0 Å². The van der Waals surface area contributed by atoms with Gasteiger partial charge in [0, 0.05) is 25.1 Å². The van der Waals surface area contributed by atoms with Gasteiger partial charge in [-0.2, -0.15) is 0 Å². The third-order valence-corrected chi connectivity index (χ3v) is 7.62. The molecule has 14 heteroatoms. The van der Waals surface area contributed by atoms with Crippen LogP contribution >= 0.6 is 0 Å². The van der Waals surface area contributed by atoms with E-state index in [9.17, 15) is 19.5 Å². The van der Waals surface area contributed by atoms with E-state index in [0.717, 1.165) is 5.56 Å². The minimum Gasteiger partial charge on any atom is -0.480 e. The van der Waals surface area contributed by atoms with Crippen molar-refractivity contribution in [1.29, 1.82) is 0 Å². The fourth-order valence-electron chi connectivity index (χ4n) is 5.73. The van der Waals surface area contributed by atoms with Gasteiger partial charge in [-0.1, -0.05) is 30.3 Å². The second kappa shape index (κ2) is 11.4. The molecule has 2 aromatic heterocycles. The number of benzene rings is 1. The van der Waals surface area contributed by atoms with E-state index < -0.39 is 48.9 Å². The minimum absolute atomic E-state index is 0.108. The highest BCUT2D eigenvalue weighted by Crippen LogP contribution is 2.46. The quantitative estimate of drug-likeness (QED) is 0.368. The SMILES string of the molecule is CCNC(=O)Nc1ncnc2c1ncn2C1OC(CCC(=O)N2CCC[C@H]2C(=O)O)C2O[C@H](c3ccccc3)OC21. The van der Waals surface area contributed by atoms with Gasteiger partial charge < -0.3 is 29.5 Å². The summed E-state index contributed by atoms with van der Waals surface area (Å²) in [6, 6.07) is 8.34. The molecule has 4 unspecified atom stereocenters. The normalized spacial score (nSPS) is 27.2. The van der Waals surface area contributed by atoms with Crippen molar-refractivity contribution in [3.63, 3.8) is 0 Å². The minimum atomic E-state index is -0.985. The van der Waals surface area contributed by atoms with Crippen LogP contribution in [0.4, 0.5) is 10.6 Å². The number of anilines is 1. The average Bonchev–Trinajstić information content (AvgIpc) is 3.76. The number of carboxylic acids is 1. The maximum Gasteiger partial charge on any atom is 0.326 e. The summed E-state index contributed by atoms with van der Waals surface area (Å²) < 4.78 is 20.9. The Kier molecular flexibility index (Phi) is 7.51. The van der Waals surface area contributed by atoms with Gasteiger partial charge in [0.15, 0.2) is 29.5 Å². The molecule has 216 valence electrons. The molecule has 14 nitrogen and oxygen atoms in total. The van der Waals surface area contributed by atoms with Crippen molar-refractivity contribution >= 4 is 34.9 Å². The van der Waals surface area contributed by atoms with Crippen molar-refractivity contribution in [2.45, 2.75) is 69.5 Å². The third-order valence-electron chi connectivity index (χ3n) is 7.62. The van der Waals surface area contributed by atoms with Crippen LogP contribution in [0, 0.1) is 0 Å². The monoisotopic (exact) mass is 565 g/mol. The molecular formula is C27H31N7O7. The lowest BCUT2D eigenvalue weighted by Gasteiger charge is -2.24. The van der Waals surface area contributed by atoms with E-state index in [1.54, 1.807) is 10.9 Å². The number of aliphatic carboxylic acids is 1. The van der Waals surface area contributed by atoms with Gasteiger partial charge in [-0.25, -0.2) is 24.5 Å². The van der Waals surface area contributed by atoms with Gasteiger partial charge in [-0.05, 0) is 26.2 Å². The molecule has 41 heavy (non-hydrogen) atoms. The topological polar surface area (TPSA) is 170 Å². The molecule has 1 aromatic carbocycles. The number of nitrogens with zero attached hydrogens (tertiary/aromatic N) is 5. The summed E-state index contributed by atoms with van der Waals surface area (Å²) in [4.78, 5) is 51.2. The number of likely N-dealkylation sites (tertiary alicyclic amines) is 1. The van der Waals surface area contributed by atoms with E-state index in [1.165, 1.54) is 11.2 Å². The molecule has 0 bridgehead atoms. The third kappa shape index (κ3) is 5.21. The molecule has 3 aromatic rings. The van der Waals surface area contributed by atoms with Crippen LogP contribution in [-0.4, -0.2) is 84.9 Å². The molecule has 6 rings (SSSR count). The molecule has 3 N–H and O–H groups in total. The number of imidazole rings is 1. The summed E-state index contributed by atoms with van der Waals surface area (Å²) in [7, 11) is 0. The Labute approximate surface area is 235 Å². The summed E-state index contributed by atoms with van der Waals surface area (Å²) >= 11 is 0. The average molecular weight is 566 g/mol. The number of carbonyl (C=O) groups is 3. The molecule has 3 aliphatic rings. The summed E-state index contributed by atoms with van der Waals surface area (Å²) in [6.45, 7) is 2.69. The van der Waals surface area contributed by atoms with E-state index >= 15 is 0 Å². The Hall–Kier alpha value is -4.14. The van der Waals surface area contributed by atoms with Gasteiger partial charge in [0.25, 0.3) is 0 Å². The van der Waals surface area contributed by atoms with Gasteiger partial charge in [0.1, 0.15) is 24.6 Å². The number of aromatic nitrogens is 4. The Morgan fingerprint density at radius 3 is 2.66 bits per heavy atom. The molecule has 0 spiro atoms. The molecular weight excluding hydrogens is 534 g/mol. The van der Waals surface area contributed by atoms with Gasteiger partial charge in [-0.3, -0.25) is 14.7 Å². The summed E-state index contributed by atoms with van der Waals surface area (Å²) in [5.41, 5.74) is 1.66. The fraction of sp³-hybridized carbons (Fsp3) is 0.481. The summed E-state index contributed by atoms with van der Waals surface area (Å²) in [5, 5.41) is 14.8. The number of carbonyl (C=O) groups excluding carboxylic acids is 2. The van der Waals surface area contributed by atoms with Crippen LogP contribution in [0.3, 0.4) is 0 Å². The van der Waals surface area contributed by atoms with Gasteiger partial charge in [0.2, 0.25) is 5.91 Å². The highest BCUT2D eigenvalue weighted by atomic mass is 16.8. The number of fused-ring (bicyclic) bond motifs is 2. The predicted octanol–water partition coefficient (Wildman–Crippen LogP) is 2.20. The van der Waals surface area contributed by atoms with Crippen molar-refractivity contribution in [3.8, 4) is 0 Å². The van der Waals surface area contributed by atoms with Crippen molar-refractivity contribution in [2.75, 3.05) is 18.4 Å². The number of carboxylic acid groups (broad SMARTS) is 1. The molecule has 0 radical (unpaired) electrons. The van der Waals surface area contributed by atoms with Crippen molar-refractivity contribution in [3.05, 3.63) is 48.5 Å². The Morgan fingerprint density at radius 1 is 1.07 bits per heavy atom. The second-order valence-corrected chi connectivity index (χ2v) is 10.2. The zero-order valence-corrected chi connectivity index (χ0v) is 22.4. The first-order valence-electron chi connectivity index (χ1n) is 13.7. The first kappa shape index (κ1) is 27.1. The van der Waals surface area contributed by atoms with Gasteiger partial charge >= 0.3 is 12.0 Å². The lowest BCUT2D eigenvalue weighted by molar-refractivity contribution is -0.153. The number of nitrogens with one attached hydrogen (secondary N) is 2. The predicted molar refractivity (Wildman–Crippen MR) is 142 cm³/mol. The summed E-state index contributed by atoms with van der Waals surface area (Å²) in [5.74, 6) is -0.957. The van der Waals surface area contributed by atoms with E-state index in [2.05, 4.69) is 25.6 Å². The first-order valence-corrected chi connectivity index (χ1v) is 13.7. The number of urea groups is 1. The lowest BCUT2D eigenvalue weighted by Crippen LogP contribution is -2.41. The van der Waals surface area contributed by atoms with Gasteiger partial charge in [-0.15, -0.1) is 0 Å². The van der Waals surface area contributed by atoms with Crippen LogP contribution in [-0.2, 0) is 23.8 Å². The Balaban J connectivity index is 1.25. The smallest absolute Gasteiger partial charge is 0.326 e. The molecule has 3 fully saturated rings. The van der Waals surface area contributed by atoms with E-state index in [4.69, 9.17) is 14.2 Å². The van der Waals surface area contributed by atoms with Crippen LogP contribution < -0.4 is 10.6 Å². The van der Waals surface area contributed by atoms with Crippen LogP contribution in [0.25, 0.3) is 11.2 Å². The molecule has 0 aliphatic carbocycles. The molecule has 3 saturated heterocycles. The molecule has 6 atom stereocenters. The van der Waals surface area contributed by atoms with E-state index in [1.807, 2.05) is 37.3 Å². The molecule has 0 saturated carbocycles. The van der Waals surface area contributed by atoms with Crippen LogP contribution in [0.5, 0.6) is 0 Å². The zero-order valence-electron chi connectivity index (χ0n) is 22.4. The lowest BCUT2D eigenvalue weighted by atomic mass is 10.1. The summed E-state index contributed by atoms with van der Waals surface area (Å²) in [6.07, 6.45) is 1.54. The fourth-order valence-corrected chi connectivity index (χ4v) is 5.73. The van der Waals surface area contributed by atoms with E-state index in [0.29, 0.717) is 43.5 Å². The van der Waals surface area contributed by atoms with Crippen LogP contribution in [0.15, 0.2) is 43.0 Å². The number of ether oxygens (including phenoxy) is 3. The van der Waals surface area contributed by atoms with Crippen molar-refractivity contribution in [2.24, 2.45) is 0 Å². The van der Waals surface area contributed by atoms with Crippen molar-refractivity contribution in [1.82, 2.24) is 29.7 Å². The number of amides is 3. The highest BCUT2D eigenvalue weighted by Gasteiger charge is 2.54. The standard InChI is InChI=1S/C27H31N7O7/c1-2-28-27(38)32-22-19-23(30-13-29-22)34(14-31-19)24-21-20(40-26(41-21)15-7-4-3-5-8-15)17(39-24)10-11-18(35)33-12-6-9-16(33)25(36)37/h3-5,7-8,13-14,16-17,20-21,24,26H,2,6,9-12H2,1H3,(H,36,37)(H2,28,29,30,32,38)/t16-,17?,20?,21?,24?,26-/m0/s1. The molecule has 3 amide bonds. The first-order chi connectivity index (χ1) is 19.9. The number of hydrogen-bond donors (Lipinski definition) is 3. The second-order valence-electron chi connectivity index (χ2n) is 10.2. The largest absolute Gasteiger partial charge is 0.480 e. The Morgan fingerprint density at radius 2 is 1.88 bits per heavy atom. The van der Waals surface area contributed by atoms with E-state index in [-0.39, 0.29) is 18.1 Å². The Bertz CT molecular complexity index is 1430. The molecule has 5 heterocycles. The number of rotatable bonds is 8. The maximum atomic E-state index is 13.0. The zero-order chi connectivity index (χ0) is 28.5. The maximum absolute atomic E-state index is 13.0. The van der Waals surface area contributed by atoms with Crippen molar-refractivity contribution < 1.29 is 33.7 Å². The van der Waals surface area contributed by atoms with Crippen LogP contribution in [0.1, 0.15) is 50.7 Å². The molecule has 3 aliphatic heterocycles.